The molecule has 2 aromatic rings. The third-order valence-corrected chi connectivity index (χ3v) is 3.90. The highest BCUT2D eigenvalue weighted by atomic mass is 15.2. The normalized spacial score (nSPS) is 16.2. The Hall–Kier alpha value is -1.72. The minimum atomic E-state index is 0.911. The largest absolute Gasteiger partial charge is 0.369 e. The van der Waals surface area contributed by atoms with Crippen molar-refractivity contribution in [3.63, 3.8) is 0 Å². The van der Waals surface area contributed by atoms with Gasteiger partial charge in [0.2, 0.25) is 0 Å². The van der Waals surface area contributed by atoms with E-state index in [-0.39, 0.29) is 0 Å². The van der Waals surface area contributed by atoms with E-state index >= 15 is 0 Å². The van der Waals surface area contributed by atoms with Gasteiger partial charge in [-0.3, -0.25) is 0 Å². The third kappa shape index (κ3) is 3.68. The van der Waals surface area contributed by atoms with Crippen molar-refractivity contribution in [2.24, 2.45) is 0 Å². The van der Waals surface area contributed by atoms with Gasteiger partial charge in [-0.25, -0.2) is 9.97 Å². The summed E-state index contributed by atoms with van der Waals surface area (Å²) in [6.45, 7) is 8.65. The quantitative estimate of drug-likeness (QED) is 0.818. The zero-order valence-electron chi connectivity index (χ0n) is 12.6. The van der Waals surface area contributed by atoms with Crippen LogP contribution in [0.25, 0.3) is 11.0 Å². The van der Waals surface area contributed by atoms with E-state index in [4.69, 9.17) is 0 Å². The number of benzene rings is 1. The molecule has 1 aromatic carbocycles. The molecule has 5 nitrogen and oxygen atoms in total. The molecule has 2 heterocycles. The highest BCUT2D eigenvalue weighted by Gasteiger charge is 2.09. The maximum Gasteiger partial charge on any atom is 0.148 e. The van der Waals surface area contributed by atoms with Crippen LogP contribution in [0.3, 0.4) is 0 Å². The molecule has 0 unspecified atom stereocenters. The van der Waals surface area contributed by atoms with Crippen molar-refractivity contribution < 1.29 is 0 Å². The second-order valence-corrected chi connectivity index (χ2v) is 5.52. The fraction of sp³-hybridized carbons (Fsp3) is 0.500. The number of nitrogens with zero attached hydrogens (tertiary/aromatic N) is 3. The Balaban J connectivity index is 1.53. The molecule has 0 aliphatic carbocycles. The van der Waals surface area contributed by atoms with E-state index in [1.54, 1.807) is 0 Å². The highest BCUT2D eigenvalue weighted by molar-refractivity contribution is 5.76. The molecule has 0 amide bonds. The van der Waals surface area contributed by atoms with Crippen molar-refractivity contribution in [3.05, 3.63) is 30.0 Å². The molecular formula is C16H23N5. The van der Waals surface area contributed by atoms with Crippen LogP contribution in [0.2, 0.25) is 0 Å². The number of rotatable bonds is 5. The summed E-state index contributed by atoms with van der Waals surface area (Å²) < 4.78 is 0. The van der Waals surface area contributed by atoms with Crippen molar-refractivity contribution in [2.75, 3.05) is 44.6 Å². The average molecular weight is 285 g/mol. The number of para-hydroxylation sites is 2. The Morgan fingerprint density at radius 2 is 1.86 bits per heavy atom. The molecule has 1 aliphatic rings. The second kappa shape index (κ2) is 6.83. The van der Waals surface area contributed by atoms with Gasteiger partial charge in [0, 0.05) is 32.7 Å². The van der Waals surface area contributed by atoms with Gasteiger partial charge in [-0.05, 0) is 32.0 Å². The van der Waals surface area contributed by atoms with Gasteiger partial charge < -0.3 is 15.5 Å². The maximum atomic E-state index is 4.66. The summed E-state index contributed by atoms with van der Waals surface area (Å²) in [6, 6.07) is 8.01. The first-order valence-electron chi connectivity index (χ1n) is 7.73. The molecule has 1 aliphatic heterocycles. The van der Waals surface area contributed by atoms with Crippen LogP contribution in [0.15, 0.2) is 24.3 Å². The summed E-state index contributed by atoms with van der Waals surface area (Å²) in [5, 5.41) is 6.81. The highest BCUT2D eigenvalue weighted by Crippen LogP contribution is 2.15. The van der Waals surface area contributed by atoms with Gasteiger partial charge in [-0.2, -0.15) is 0 Å². The smallest absolute Gasteiger partial charge is 0.148 e. The summed E-state index contributed by atoms with van der Waals surface area (Å²) >= 11 is 0. The minimum Gasteiger partial charge on any atom is -0.369 e. The van der Waals surface area contributed by atoms with Gasteiger partial charge in [0.05, 0.1) is 16.7 Å². The van der Waals surface area contributed by atoms with Crippen molar-refractivity contribution in [3.8, 4) is 0 Å². The summed E-state index contributed by atoms with van der Waals surface area (Å²) in [4.78, 5) is 11.8. The lowest BCUT2D eigenvalue weighted by Crippen LogP contribution is -2.44. The number of anilines is 1. The first-order valence-corrected chi connectivity index (χ1v) is 7.73. The molecule has 1 fully saturated rings. The van der Waals surface area contributed by atoms with Crippen LogP contribution in [0.1, 0.15) is 12.1 Å². The predicted molar refractivity (Wildman–Crippen MR) is 86.7 cm³/mol. The number of hydrogen-bond donors (Lipinski definition) is 2. The monoisotopic (exact) mass is 285 g/mol. The fourth-order valence-corrected chi connectivity index (χ4v) is 2.70. The van der Waals surface area contributed by atoms with E-state index in [0.717, 1.165) is 68.2 Å². The van der Waals surface area contributed by atoms with Crippen molar-refractivity contribution in [2.45, 2.75) is 13.3 Å². The van der Waals surface area contributed by atoms with Gasteiger partial charge in [0.15, 0.2) is 0 Å². The van der Waals surface area contributed by atoms with E-state index < -0.39 is 0 Å². The molecule has 0 atom stereocenters. The third-order valence-electron chi connectivity index (χ3n) is 3.90. The summed E-state index contributed by atoms with van der Waals surface area (Å²) in [7, 11) is 0. The average Bonchev–Trinajstić information content (AvgIpc) is 2.53. The molecule has 112 valence electrons. The van der Waals surface area contributed by atoms with Crippen LogP contribution in [0, 0.1) is 6.92 Å². The molecule has 1 aromatic heterocycles. The molecule has 0 saturated carbocycles. The Bertz CT molecular complexity index is 592. The van der Waals surface area contributed by atoms with E-state index in [1.165, 1.54) is 0 Å². The molecule has 21 heavy (non-hydrogen) atoms. The molecule has 0 bridgehead atoms. The number of fused-ring (bicyclic) bond motifs is 1. The Kier molecular flexibility index (Phi) is 4.62. The maximum absolute atomic E-state index is 4.66. The summed E-state index contributed by atoms with van der Waals surface area (Å²) in [5.41, 5.74) is 2.88. The topological polar surface area (TPSA) is 53.1 Å². The van der Waals surface area contributed by atoms with Crippen LogP contribution in [-0.4, -0.2) is 54.1 Å². The fourth-order valence-electron chi connectivity index (χ4n) is 2.70. The molecule has 0 spiro atoms. The Labute approximate surface area is 125 Å². The number of hydrogen-bond acceptors (Lipinski definition) is 5. The van der Waals surface area contributed by atoms with E-state index in [0.29, 0.717) is 0 Å². The lowest BCUT2D eigenvalue weighted by atomic mass is 10.3. The summed E-state index contributed by atoms with van der Waals surface area (Å²) in [5.74, 6) is 0.911. The Morgan fingerprint density at radius 3 is 2.62 bits per heavy atom. The number of nitrogens with one attached hydrogen (secondary N) is 2. The second-order valence-electron chi connectivity index (χ2n) is 5.52. The standard InChI is InChI=1S/C16H23N5/c1-13-16(20-15-6-3-2-5-14(15)19-13)18-7-4-10-21-11-8-17-9-12-21/h2-3,5-6,17H,4,7-12H2,1H3,(H,18,20). The van der Waals surface area contributed by atoms with E-state index in [2.05, 4.69) is 25.5 Å². The van der Waals surface area contributed by atoms with Gasteiger partial charge in [0.25, 0.3) is 0 Å². The van der Waals surface area contributed by atoms with Crippen LogP contribution in [0.4, 0.5) is 5.82 Å². The zero-order valence-corrected chi connectivity index (χ0v) is 12.6. The number of aryl methyl sites for hydroxylation is 1. The lowest BCUT2D eigenvalue weighted by Gasteiger charge is -2.27. The molecule has 5 heteroatoms. The van der Waals surface area contributed by atoms with Gasteiger partial charge in [0.1, 0.15) is 5.82 Å². The van der Waals surface area contributed by atoms with Crippen molar-refractivity contribution in [1.29, 1.82) is 0 Å². The predicted octanol–water partition coefficient (Wildman–Crippen LogP) is 1.65. The molecule has 2 N–H and O–H groups in total. The van der Waals surface area contributed by atoms with Crippen LogP contribution in [-0.2, 0) is 0 Å². The molecule has 3 rings (SSSR count). The first kappa shape index (κ1) is 14.2. The van der Waals surface area contributed by atoms with Crippen LogP contribution in [0.5, 0.6) is 0 Å². The first-order chi connectivity index (χ1) is 10.3. The van der Waals surface area contributed by atoms with Gasteiger partial charge in [-0.15, -0.1) is 0 Å². The van der Waals surface area contributed by atoms with Gasteiger partial charge >= 0.3 is 0 Å². The lowest BCUT2D eigenvalue weighted by molar-refractivity contribution is 0.240. The molecule has 0 radical (unpaired) electrons. The number of piperazine rings is 1. The van der Waals surface area contributed by atoms with Crippen LogP contribution < -0.4 is 10.6 Å². The van der Waals surface area contributed by atoms with E-state index in [9.17, 15) is 0 Å². The van der Waals surface area contributed by atoms with Crippen molar-refractivity contribution >= 4 is 16.9 Å². The van der Waals surface area contributed by atoms with E-state index in [1.807, 2.05) is 31.2 Å². The molecular weight excluding hydrogens is 262 g/mol. The van der Waals surface area contributed by atoms with Crippen LogP contribution >= 0.6 is 0 Å². The van der Waals surface area contributed by atoms with Gasteiger partial charge in [-0.1, -0.05) is 12.1 Å². The van der Waals surface area contributed by atoms with Crippen molar-refractivity contribution in [1.82, 2.24) is 20.2 Å². The summed E-state index contributed by atoms with van der Waals surface area (Å²) in [6.07, 6.45) is 1.13. The minimum absolute atomic E-state index is 0.911. The molecule has 1 saturated heterocycles. The zero-order chi connectivity index (χ0) is 14.5. The number of aromatic nitrogens is 2. The SMILES string of the molecule is Cc1nc2ccccc2nc1NCCCN1CCNCC1. The Morgan fingerprint density at radius 1 is 1.14 bits per heavy atom.